The Kier molecular flexibility index (Phi) is 10.6. The van der Waals surface area contributed by atoms with Crippen LogP contribution in [0.15, 0.2) is 42.5 Å². The average Bonchev–Trinajstić information content (AvgIpc) is 3.23. The molecule has 4 rings (SSSR count). The molecule has 0 bridgehead atoms. The van der Waals surface area contributed by atoms with E-state index in [4.69, 9.17) is 19.2 Å². The summed E-state index contributed by atoms with van der Waals surface area (Å²) in [6.45, 7) is 5.86. The van der Waals surface area contributed by atoms with Gasteiger partial charge in [-0.05, 0) is 64.3 Å². The molecule has 0 atom stereocenters. The number of rotatable bonds is 13. The molecule has 38 heavy (non-hydrogen) atoms. The van der Waals surface area contributed by atoms with Crippen LogP contribution >= 0.6 is 12.4 Å². The van der Waals surface area contributed by atoms with Gasteiger partial charge in [0.1, 0.15) is 0 Å². The van der Waals surface area contributed by atoms with Crippen LogP contribution in [0.1, 0.15) is 31.9 Å². The van der Waals surface area contributed by atoms with Crippen molar-refractivity contribution in [1.29, 1.82) is 0 Å². The number of hydrogen-bond donors (Lipinski definition) is 1. The van der Waals surface area contributed by atoms with Crippen LogP contribution in [0.25, 0.3) is 33.1 Å². The van der Waals surface area contributed by atoms with Gasteiger partial charge in [-0.1, -0.05) is 31.5 Å². The molecule has 0 aliphatic rings. The van der Waals surface area contributed by atoms with Gasteiger partial charge in [-0.2, -0.15) is 0 Å². The van der Waals surface area contributed by atoms with E-state index >= 15 is 0 Å². The molecule has 0 aliphatic carbocycles. The second-order valence-corrected chi connectivity index (χ2v) is 9.63. The van der Waals surface area contributed by atoms with Crippen LogP contribution in [0, 0.1) is 0 Å². The minimum atomic E-state index is 0. The lowest BCUT2D eigenvalue weighted by atomic mass is 10.0. The summed E-state index contributed by atoms with van der Waals surface area (Å²) in [7, 11) is 9.13. The van der Waals surface area contributed by atoms with Crippen molar-refractivity contribution in [3.8, 4) is 28.5 Å². The molecule has 0 radical (unpaired) electrons. The third-order valence-corrected chi connectivity index (χ3v) is 6.74. The fourth-order valence-electron chi connectivity index (χ4n) is 4.92. The van der Waals surface area contributed by atoms with Crippen molar-refractivity contribution >= 4 is 34.2 Å². The number of pyridine rings is 1. The summed E-state index contributed by atoms with van der Waals surface area (Å²) >= 11 is 0. The smallest absolute Gasteiger partial charge is 0.203 e. The number of benzene rings is 2. The van der Waals surface area contributed by atoms with E-state index in [1.165, 1.54) is 16.3 Å². The van der Waals surface area contributed by atoms with E-state index < -0.39 is 0 Å². The van der Waals surface area contributed by atoms with E-state index in [1.807, 2.05) is 12.1 Å². The Morgan fingerprint density at radius 2 is 1.63 bits per heavy atom. The van der Waals surface area contributed by atoms with Gasteiger partial charge < -0.3 is 29.0 Å². The van der Waals surface area contributed by atoms with E-state index in [0.29, 0.717) is 23.8 Å². The maximum absolute atomic E-state index is 5.69. The lowest BCUT2D eigenvalue weighted by Gasteiger charge is -2.16. The van der Waals surface area contributed by atoms with Crippen LogP contribution in [0.2, 0.25) is 0 Å². The summed E-state index contributed by atoms with van der Waals surface area (Å²) in [6, 6.07) is 14.9. The van der Waals surface area contributed by atoms with Gasteiger partial charge >= 0.3 is 0 Å². The van der Waals surface area contributed by atoms with Crippen molar-refractivity contribution in [3.05, 3.63) is 48.2 Å². The van der Waals surface area contributed by atoms with E-state index in [-0.39, 0.29) is 12.4 Å². The second kappa shape index (κ2) is 13.7. The number of nitrogens with zero attached hydrogens (tertiary/aromatic N) is 3. The maximum atomic E-state index is 5.69. The molecule has 7 nitrogen and oxygen atoms in total. The summed E-state index contributed by atoms with van der Waals surface area (Å²) in [5, 5.41) is 6.05. The van der Waals surface area contributed by atoms with Crippen LogP contribution < -0.4 is 19.5 Å². The van der Waals surface area contributed by atoms with Crippen molar-refractivity contribution < 1.29 is 14.2 Å². The van der Waals surface area contributed by atoms with Gasteiger partial charge in [-0.3, -0.25) is 0 Å². The highest BCUT2D eigenvalue weighted by Gasteiger charge is 2.21. The normalized spacial score (nSPS) is 11.2. The van der Waals surface area contributed by atoms with Gasteiger partial charge in [0, 0.05) is 34.9 Å². The Morgan fingerprint density at radius 1 is 0.921 bits per heavy atom. The number of aromatic nitrogens is 2. The topological polar surface area (TPSA) is 60.8 Å². The average molecular weight is 541 g/mol. The quantitative estimate of drug-likeness (QED) is 0.205. The SMILES string of the molecule is CCCCn1c2ccccc2c2cc(CNCCCN(C)C)nc(-c3cc(OC)c(OC)c(OC)c3)c21.Cl. The molecule has 0 saturated heterocycles. The first-order valence-corrected chi connectivity index (χ1v) is 13.1. The lowest BCUT2D eigenvalue weighted by molar-refractivity contribution is 0.324. The molecule has 0 amide bonds. The number of para-hydroxylation sites is 1. The number of fused-ring (bicyclic) bond motifs is 3. The van der Waals surface area contributed by atoms with Gasteiger partial charge in [-0.25, -0.2) is 4.98 Å². The molecule has 0 saturated carbocycles. The van der Waals surface area contributed by atoms with E-state index in [1.54, 1.807) is 21.3 Å². The van der Waals surface area contributed by atoms with Gasteiger partial charge in [-0.15, -0.1) is 12.4 Å². The minimum absolute atomic E-state index is 0. The molecular formula is C30H41ClN4O3. The molecule has 2 aromatic carbocycles. The monoisotopic (exact) mass is 540 g/mol. The molecule has 0 fully saturated rings. The minimum Gasteiger partial charge on any atom is -0.493 e. The third kappa shape index (κ3) is 6.17. The molecule has 2 heterocycles. The highest BCUT2D eigenvalue weighted by molar-refractivity contribution is 6.12. The van der Waals surface area contributed by atoms with Gasteiger partial charge in [0.2, 0.25) is 5.75 Å². The highest BCUT2D eigenvalue weighted by atomic mass is 35.5. The first-order valence-electron chi connectivity index (χ1n) is 13.1. The van der Waals surface area contributed by atoms with Crippen LogP contribution in [-0.4, -0.2) is 63.0 Å². The van der Waals surface area contributed by atoms with Gasteiger partial charge in [0.15, 0.2) is 11.5 Å². The van der Waals surface area contributed by atoms with Crippen molar-refractivity contribution in [2.45, 2.75) is 39.3 Å². The van der Waals surface area contributed by atoms with E-state index in [9.17, 15) is 0 Å². The summed E-state index contributed by atoms with van der Waals surface area (Å²) in [5.74, 6) is 1.82. The Hall–Kier alpha value is -3.00. The van der Waals surface area contributed by atoms with Crippen LogP contribution in [0.5, 0.6) is 17.2 Å². The van der Waals surface area contributed by atoms with E-state index in [2.05, 4.69) is 66.1 Å². The number of halogens is 1. The Bertz CT molecular complexity index is 1330. The third-order valence-electron chi connectivity index (χ3n) is 6.74. The molecule has 2 aromatic heterocycles. The molecular weight excluding hydrogens is 500 g/mol. The highest BCUT2D eigenvalue weighted by Crippen LogP contribution is 2.43. The number of hydrogen-bond acceptors (Lipinski definition) is 6. The zero-order valence-corrected chi connectivity index (χ0v) is 24.3. The van der Waals surface area contributed by atoms with Crippen molar-refractivity contribution in [3.63, 3.8) is 0 Å². The fraction of sp³-hybridized carbons (Fsp3) is 0.433. The number of nitrogens with one attached hydrogen (secondary N) is 1. The molecule has 4 aromatic rings. The predicted octanol–water partition coefficient (Wildman–Crippen LogP) is 6.15. The lowest BCUT2D eigenvalue weighted by Crippen LogP contribution is -2.21. The summed E-state index contributed by atoms with van der Waals surface area (Å²) in [4.78, 5) is 7.44. The fourth-order valence-corrected chi connectivity index (χ4v) is 4.92. The molecule has 206 valence electrons. The maximum Gasteiger partial charge on any atom is 0.203 e. The Labute approximate surface area is 232 Å². The summed E-state index contributed by atoms with van der Waals surface area (Å²) < 4.78 is 19.4. The van der Waals surface area contributed by atoms with Gasteiger partial charge in [0.05, 0.1) is 38.2 Å². The predicted molar refractivity (Wildman–Crippen MR) is 159 cm³/mol. The Balaban J connectivity index is 0.00000400. The molecule has 0 unspecified atom stereocenters. The van der Waals surface area contributed by atoms with Crippen molar-refractivity contribution in [2.75, 3.05) is 48.5 Å². The van der Waals surface area contributed by atoms with Gasteiger partial charge in [0.25, 0.3) is 0 Å². The largest absolute Gasteiger partial charge is 0.493 e. The molecule has 8 heteroatoms. The first-order chi connectivity index (χ1) is 18.0. The zero-order chi connectivity index (χ0) is 26.4. The summed E-state index contributed by atoms with van der Waals surface area (Å²) in [6.07, 6.45) is 3.30. The van der Waals surface area contributed by atoms with Crippen LogP contribution in [0.3, 0.4) is 0 Å². The van der Waals surface area contributed by atoms with Crippen LogP contribution in [-0.2, 0) is 13.1 Å². The first kappa shape index (κ1) is 29.6. The van der Waals surface area contributed by atoms with Crippen molar-refractivity contribution in [2.24, 2.45) is 0 Å². The summed E-state index contributed by atoms with van der Waals surface area (Å²) in [5.41, 5.74) is 5.25. The number of ether oxygens (including phenoxy) is 3. The van der Waals surface area contributed by atoms with E-state index in [0.717, 1.165) is 61.4 Å². The molecule has 0 spiro atoms. The zero-order valence-electron chi connectivity index (χ0n) is 23.5. The number of methoxy groups -OCH3 is 3. The standard InChI is InChI=1S/C30H40N4O3.ClH/c1-7-8-16-34-25-13-10-9-12-23(25)24-19-22(20-31-14-11-15-33(2)3)32-28(29(24)34)21-17-26(35-4)30(37-6)27(18-21)36-5;/h9-10,12-13,17-19,31H,7-8,11,14-16,20H2,1-6H3;1H. The molecule has 1 N–H and O–H groups in total. The van der Waals surface area contributed by atoms with Crippen LogP contribution in [0.4, 0.5) is 0 Å². The second-order valence-electron chi connectivity index (χ2n) is 9.63. The number of aryl methyl sites for hydroxylation is 1. The Morgan fingerprint density at radius 3 is 2.26 bits per heavy atom. The molecule has 0 aliphatic heterocycles. The van der Waals surface area contributed by atoms with Crippen molar-refractivity contribution in [1.82, 2.24) is 19.8 Å². The number of unbranched alkanes of at least 4 members (excludes halogenated alkanes) is 1.